The molecule has 2 heterocycles. The van der Waals surface area contributed by atoms with Gasteiger partial charge in [-0.25, -0.2) is 0 Å². The van der Waals surface area contributed by atoms with Gasteiger partial charge in [0.2, 0.25) is 11.7 Å². The average Bonchev–Trinajstić information content (AvgIpc) is 3.23. The Morgan fingerprint density at radius 3 is 2.92 bits per heavy atom. The zero-order valence-electron chi connectivity index (χ0n) is 14.3. The second-order valence-corrected chi connectivity index (χ2v) is 6.95. The molecule has 1 aliphatic rings. The molecule has 1 aliphatic carbocycles. The number of aryl methyl sites for hydroxylation is 1. The van der Waals surface area contributed by atoms with E-state index < -0.39 is 0 Å². The maximum absolute atomic E-state index is 5.92. The van der Waals surface area contributed by atoms with Crippen LogP contribution in [0.1, 0.15) is 36.0 Å². The number of fused-ring (bicyclic) bond motifs is 1. The summed E-state index contributed by atoms with van der Waals surface area (Å²) in [5.41, 5.74) is 3.54. The minimum Gasteiger partial charge on any atom is -0.338 e. The molecule has 2 aromatic heterocycles. The predicted molar refractivity (Wildman–Crippen MR) is 95.1 cm³/mol. The van der Waals surface area contributed by atoms with Gasteiger partial charge in [-0.1, -0.05) is 16.8 Å². The van der Waals surface area contributed by atoms with Gasteiger partial charge in [-0.05, 0) is 50.6 Å². The smallest absolute Gasteiger partial charge is 0.241 e. The molecule has 4 rings (SSSR count). The summed E-state index contributed by atoms with van der Waals surface area (Å²) in [6.07, 6.45) is 5.37. The Bertz CT molecular complexity index is 870. The molecule has 7 heteroatoms. The van der Waals surface area contributed by atoms with Crippen LogP contribution >= 0.6 is 11.6 Å². The van der Waals surface area contributed by atoms with Gasteiger partial charge in [-0.2, -0.15) is 10.1 Å². The minimum absolute atomic E-state index is 0.336. The van der Waals surface area contributed by atoms with Gasteiger partial charge in [-0.3, -0.25) is 9.58 Å². The Labute approximate surface area is 151 Å². The van der Waals surface area contributed by atoms with Crippen molar-refractivity contribution in [1.82, 2.24) is 24.8 Å². The lowest BCUT2D eigenvalue weighted by Crippen LogP contribution is -2.27. The van der Waals surface area contributed by atoms with Gasteiger partial charge in [-0.15, -0.1) is 0 Å². The fraction of sp³-hybridized carbons (Fsp3) is 0.389. The van der Waals surface area contributed by atoms with Crippen molar-refractivity contribution in [2.75, 3.05) is 7.05 Å². The summed E-state index contributed by atoms with van der Waals surface area (Å²) in [6, 6.07) is 7.77. The van der Waals surface area contributed by atoms with Crippen molar-refractivity contribution in [1.29, 1.82) is 0 Å². The third kappa shape index (κ3) is 3.19. The van der Waals surface area contributed by atoms with E-state index in [0.29, 0.717) is 29.3 Å². The normalized spacial score (nSPS) is 17.0. The van der Waals surface area contributed by atoms with E-state index in [1.807, 2.05) is 42.2 Å². The van der Waals surface area contributed by atoms with Gasteiger partial charge >= 0.3 is 0 Å². The highest BCUT2D eigenvalue weighted by Crippen LogP contribution is 2.34. The van der Waals surface area contributed by atoms with Crippen LogP contribution in [-0.2, 0) is 20.0 Å². The van der Waals surface area contributed by atoms with Crippen molar-refractivity contribution >= 4 is 11.6 Å². The van der Waals surface area contributed by atoms with Crippen molar-refractivity contribution in [3.8, 4) is 11.4 Å². The molecular weight excluding hydrogens is 338 g/mol. The summed E-state index contributed by atoms with van der Waals surface area (Å²) in [6.45, 7) is 0.611. The second-order valence-electron chi connectivity index (χ2n) is 6.51. The molecule has 0 spiro atoms. The van der Waals surface area contributed by atoms with Gasteiger partial charge in [0, 0.05) is 34.9 Å². The average molecular weight is 358 g/mol. The standard InChI is InChI=1S/C18H20ClN5O/c1-23(15-4-3-5-16-14(15)10-20-24(16)2)11-17-21-18(22-25-17)12-6-8-13(19)9-7-12/h6-10,15H,3-5,11H2,1-2H3. The summed E-state index contributed by atoms with van der Waals surface area (Å²) >= 11 is 5.92. The lowest BCUT2D eigenvalue weighted by molar-refractivity contribution is 0.186. The first-order valence-corrected chi connectivity index (χ1v) is 8.79. The molecule has 1 aromatic carbocycles. The fourth-order valence-corrected chi connectivity index (χ4v) is 3.63. The first-order chi connectivity index (χ1) is 12.1. The van der Waals surface area contributed by atoms with Crippen LogP contribution in [0.15, 0.2) is 35.0 Å². The Hall–Kier alpha value is -2.18. The number of benzene rings is 1. The Morgan fingerprint density at radius 1 is 1.32 bits per heavy atom. The van der Waals surface area contributed by atoms with E-state index in [1.54, 1.807) is 0 Å². The van der Waals surface area contributed by atoms with Crippen molar-refractivity contribution in [2.45, 2.75) is 31.8 Å². The van der Waals surface area contributed by atoms with Crippen LogP contribution in [0, 0.1) is 0 Å². The largest absolute Gasteiger partial charge is 0.338 e. The van der Waals surface area contributed by atoms with E-state index in [1.165, 1.54) is 17.7 Å². The maximum Gasteiger partial charge on any atom is 0.241 e. The quantitative estimate of drug-likeness (QED) is 0.713. The van der Waals surface area contributed by atoms with Crippen LogP contribution in [0.4, 0.5) is 0 Å². The molecule has 0 amide bonds. The van der Waals surface area contributed by atoms with E-state index >= 15 is 0 Å². The first-order valence-electron chi connectivity index (χ1n) is 8.41. The topological polar surface area (TPSA) is 60.0 Å². The van der Waals surface area contributed by atoms with Gasteiger partial charge in [0.1, 0.15) is 0 Å². The van der Waals surface area contributed by atoms with Crippen molar-refractivity contribution in [3.63, 3.8) is 0 Å². The van der Waals surface area contributed by atoms with Crippen LogP contribution in [0.2, 0.25) is 5.02 Å². The second kappa shape index (κ2) is 6.61. The summed E-state index contributed by atoms with van der Waals surface area (Å²) < 4.78 is 7.43. The third-order valence-electron chi connectivity index (χ3n) is 4.83. The van der Waals surface area contributed by atoms with Gasteiger partial charge < -0.3 is 4.52 Å². The highest BCUT2D eigenvalue weighted by atomic mass is 35.5. The molecule has 0 saturated carbocycles. The molecule has 6 nitrogen and oxygen atoms in total. The maximum atomic E-state index is 5.92. The molecule has 0 N–H and O–H groups in total. The number of rotatable bonds is 4. The van der Waals surface area contributed by atoms with Crippen molar-refractivity contribution in [2.24, 2.45) is 7.05 Å². The predicted octanol–water partition coefficient (Wildman–Crippen LogP) is 3.63. The highest BCUT2D eigenvalue weighted by Gasteiger charge is 2.27. The number of nitrogens with zero attached hydrogens (tertiary/aromatic N) is 5. The summed E-state index contributed by atoms with van der Waals surface area (Å²) in [5.74, 6) is 1.20. The molecule has 0 radical (unpaired) electrons. The van der Waals surface area contributed by atoms with Crippen LogP contribution < -0.4 is 0 Å². The number of halogens is 1. The number of aromatic nitrogens is 4. The summed E-state index contributed by atoms with van der Waals surface area (Å²) in [4.78, 5) is 6.79. The van der Waals surface area contributed by atoms with Crippen LogP contribution in [0.25, 0.3) is 11.4 Å². The van der Waals surface area contributed by atoms with E-state index in [4.69, 9.17) is 16.1 Å². The van der Waals surface area contributed by atoms with Crippen molar-refractivity contribution in [3.05, 3.63) is 52.6 Å². The molecule has 0 bridgehead atoms. The molecule has 1 atom stereocenters. The van der Waals surface area contributed by atoms with Crippen LogP contribution in [-0.4, -0.2) is 31.9 Å². The highest BCUT2D eigenvalue weighted by molar-refractivity contribution is 6.30. The Balaban J connectivity index is 1.50. The zero-order valence-corrected chi connectivity index (χ0v) is 15.1. The molecule has 130 valence electrons. The lowest BCUT2D eigenvalue weighted by atomic mass is 9.92. The number of hydrogen-bond donors (Lipinski definition) is 0. The van der Waals surface area contributed by atoms with Gasteiger partial charge in [0.25, 0.3) is 0 Å². The third-order valence-corrected chi connectivity index (χ3v) is 5.08. The summed E-state index contributed by atoms with van der Waals surface area (Å²) in [7, 11) is 4.11. The monoisotopic (exact) mass is 357 g/mol. The Kier molecular flexibility index (Phi) is 4.31. The first kappa shape index (κ1) is 16.3. The Morgan fingerprint density at radius 2 is 2.12 bits per heavy atom. The van der Waals surface area contributed by atoms with Gasteiger partial charge in [0.05, 0.1) is 12.7 Å². The van der Waals surface area contributed by atoms with E-state index in [-0.39, 0.29) is 0 Å². The van der Waals surface area contributed by atoms with Crippen LogP contribution in [0.5, 0.6) is 0 Å². The van der Waals surface area contributed by atoms with Crippen molar-refractivity contribution < 1.29 is 4.52 Å². The van der Waals surface area contributed by atoms with Crippen LogP contribution in [0.3, 0.4) is 0 Å². The molecule has 3 aromatic rings. The van der Waals surface area contributed by atoms with E-state index in [2.05, 4.69) is 27.2 Å². The minimum atomic E-state index is 0.336. The molecule has 0 saturated heterocycles. The van der Waals surface area contributed by atoms with Gasteiger partial charge in [0.15, 0.2) is 0 Å². The molecule has 0 fully saturated rings. The summed E-state index contributed by atoms with van der Waals surface area (Å²) in [5, 5.41) is 9.20. The number of hydrogen-bond acceptors (Lipinski definition) is 5. The SMILES string of the molecule is CN(Cc1nc(-c2ccc(Cl)cc2)no1)C1CCCc2c1cnn2C. The van der Waals surface area contributed by atoms with E-state index in [0.717, 1.165) is 18.4 Å². The molecule has 0 aliphatic heterocycles. The molecule has 25 heavy (non-hydrogen) atoms. The fourth-order valence-electron chi connectivity index (χ4n) is 3.50. The van der Waals surface area contributed by atoms with E-state index in [9.17, 15) is 0 Å². The molecule has 1 unspecified atom stereocenters. The lowest BCUT2D eigenvalue weighted by Gasteiger charge is -2.30. The molecular formula is C18H20ClN5O. The zero-order chi connectivity index (χ0) is 17.4.